The largest absolute Gasteiger partial charge is 0.491 e. The van der Waals surface area contributed by atoms with E-state index >= 15 is 0 Å². The highest BCUT2D eigenvalue weighted by Gasteiger charge is 2.34. The summed E-state index contributed by atoms with van der Waals surface area (Å²) in [5, 5.41) is 0.826. The van der Waals surface area contributed by atoms with Gasteiger partial charge in [-0.2, -0.15) is 12.7 Å². The predicted octanol–water partition coefficient (Wildman–Crippen LogP) is 3.14. The molecule has 2 heterocycles. The molecule has 0 radical (unpaired) electrons. The molecule has 35 heavy (non-hydrogen) atoms. The lowest BCUT2D eigenvalue weighted by Gasteiger charge is -2.17. The molecular formula is C24H28N2O7S2. The Hall–Kier alpha value is -2.89. The number of fused-ring (bicyclic) bond motifs is 1. The molecule has 9 nitrogen and oxygen atoms in total. The Kier molecular flexibility index (Phi) is 6.94. The molecule has 1 aromatic heterocycles. The molecule has 1 aliphatic heterocycles. The van der Waals surface area contributed by atoms with Crippen LogP contribution in [0.3, 0.4) is 0 Å². The maximum atomic E-state index is 13.3. The summed E-state index contributed by atoms with van der Waals surface area (Å²) in [6.45, 7) is 4.56. The first kappa shape index (κ1) is 25.2. The molecule has 11 heteroatoms. The highest BCUT2D eigenvalue weighted by Crippen LogP contribution is 2.37. The fraction of sp³-hybridized carbons (Fsp3) is 0.375. The van der Waals surface area contributed by atoms with Gasteiger partial charge in [-0.15, -0.1) is 0 Å². The third kappa shape index (κ3) is 5.52. The Morgan fingerprint density at radius 1 is 1.06 bits per heavy atom. The van der Waals surface area contributed by atoms with E-state index in [9.17, 15) is 21.6 Å². The maximum absolute atomic E-state index is 13.3. The van der Waals surface area contributed by atoms with Crippen molar-refractivity contribution in [1.82, 2.24) is 8.87 Å². The van der Waals surface area contributed by atoms with Crippen molar-refractivity contribution < 1.29 is 30.6 Å². The van der Waals surface area contributed by atoms with Gasteiger partial charge in [0.2, 0.25) is 10.0 Å². The second kappa shape index (κ2) is 9.63. The van der Waals surface area contributed by atoms with Crippen LogP contribution in [0.1, 0.15) is 31.7 Å². The van der Waals surface area contributed by atoms with E-state index in [2.05, 4.69) is 0 Å². The van der Waals surface area contributed by atoms with Gasteiger partial charge in [0, 0.05) is 36.7 Å². The number of carbonyl (C=O) groups excluding carboxylic acids is 1. The Bertz CT molecular complexity index is 1440. The van der Waals surface area contributed by atoms with Crippen molar-refractivity contribution in [3.05, 3.63) is 54.2 Å². The normalized spacial score (nSPS) is 17.2. The minimum atomic E-state index is -3.70. The quantitative estimate of drug-likeness (QED) is 0.315. The molecule has 1 saturated heterocycles. The van der Waals surface area contributed by atoms with Crippen LogP contribution in [0.15, 0.2) is 53.6 Å². The van der Waals surface area contributed by atoms with E-state index in [0.717, 1.165) is 23.5 Å². The minimum absolute atomic E-state index is 0.00726. The molecule has 0 bridgehead atoms. The highest BCUT2D eigenvalue weighted by molar-refractivity contribution is 7.89. The van der Waals surface area contributed by atoms with Crippen molar-refractivity contribution in [1.29, 1.82) is 0 Å². The van der Waals surface area contributed by atoms with Gasteiger partial charge in [-0.25, -0.2) is 8.42 Å². The van der Waals surface area contributed by atoms with Crippen LogP contribution in [0.4, 0.5) is 0 Å². The van der Waals surface area contributed by atoms with Crippen molar-refractivity contribution in [2.45, 2.75) is 43.7 Å². The molecule has 1 unspecified atom stereocenters. The molecular weight excluding hydrogens is 492 g/mol. The molecule has 0 N–H and O–H groups in total. The summed E-state index contributed by atoms with van der Waals surface area (Å²) in [4.78, 5) is 11.4. The molecule has 1 aliphatic rings. The van der Waals surface area contributed by atoms with E-state index in [0.29, 0.717) is 30.8 Å². The second-order valence-electron chi connectivity index (χ2n) is 8.86. The number of hydrogen-bond donors (Lipinski definition) is 0. The van der Waals surface area contributed by atoms with E-state index in [-0.39, 0.29) is 29.2 Å². The predicted molar refractivity (Wildman–Crippen MR) is 132 cm³/mol. The first-order valence-electron chi connectivity index (χ1n) is 11.2. The Balaban J connectivity index is 1.60. The van der Waals surface area contributed by atoms with Crippen LogP contribution in [-0.2, 0) is 31.5 Å². The second-order valence-corrected chi connectivity index (χ2v) is 12.4. The van der Waals surface area contributed by atoms with Gasteiger partial charge >= 0.3 is 10.1 Å². The van der Waals surface area contributed by atoms with Gasteiger partial charge in [-0.1, -0.05) is 0 Å². The van der Waals surface area contributed by atoms with Crippen LogP contribution < -0.4 is 8.92 Å². The Morgan fingerprint density at radius 3 is 2.37 bits per heavy atom. The van der Waals surface area contributed by atoms with Crippen LogP contribution >= 0.6 is 0 Å². The fourth-order valence-electron chi connectivity index (χ4n) is 4.40. The topological polar surface area (TPSA) is 112 Å². The standard InChI is InChI=1S/C24H28N2O7S2/c1-17(2)32-19-4-7-21(8-5-19)35(30,31)26-11-10-18(15-26)23-16-25(12-13-27)24-14-20(6-9-22(23)24)33-34(3,28)29/h4-9,13-14,16-18H,10-12,15H2,1-3H3. The summed E-state index contributed by atoms with van der Waals surface area (Å²) in [6.07, 6.45) is 4.17. The highest BCUT2D eigenvalue weighted by atomic mass is 32.2. The number of aromatic nitrogens is 1. The number of nitrogens with zero attached hydrogens (tertiary/aromatic N) is 2. The van der Waals surface area contributed by atoms with Crippen LogP contribution in [0.5, 0.6) is 11.5 Å². The van der Waals surface area contributed by atoms with E-state index in [1.54, 1.807) is 47.0 Å². The third-order valence-corrected chi connectivity index (χ3v) is 8.20. The first-order valence-corrected chi connectivity index (χ1v) is 14.5. The average Bonchev–Trinajstić information content (AvgIpc) is 3.39. The molecule has 188 valence electrons. The zero-order valence-electron chi connectivity index (χ0n) is 19.7. The number of carbonyl (C=O) groups is 1. The van der Waals surface area contributed by atoms with Gasteiger partial charge < -0.3 is 18.3 Å². The lowest BCUT2D eigenvalue weighted by Crippen LogP contribution is -2.28. The van der Waals surface area contributed by atoms with Gasteiger partial charge in [0.25, 0.3) is 0 Å². The van der Waals surface area contributed by atoms with Crippen LogP contribution in [0, 0.1) is 0 Å². The van der Waals surface area contributed by atoms with Gasteiger partial charge in [0.15, 0.2) is 0 Å². The Morgan fingerprint density at radius 2 is 1.74 bits per heavy atom. The van der Waals surface area contributed by atoms with E-state index in [1.807, 2.05) is 20.0 Å². The van der Waals surface area contributed by atoms with Crippen LogP contribution in [0.25, 0.3) is 10.9 Å². The minimum Gasteiger partial charge on any atom is -0.491 e. The summed E-state index contributed by atoms with van der Waals surface area (Å²) in [5.41, 5.74) is 1.56. The molecule has 0 aliphatic carbocycles. The van der Waals surface area contributed by atoms with Crippen LogP contribution in [0.2, 0.25) is 0 Å². The number of ether oxygens (including phenoxy) is 1. The van der Waals surface area contributed by atoms with Crippen molar-refractivity contribution in [2.24, 2.45) is 0 Å². The number of rotatable bonds is 9. The smallest absolute Gasteiger partial charge is 0.306 e. The summed E-state index contributed by atoms with van der Waals surface area (Å²) in [7, 11) is -7.38. The van der Waals surface area contributed by atoms with E-state index < -0.39 is 20.1 Å². The van der Waals surface area contributed by atoms with Crippen molar-refractivity contribution >= 4 is 37.3 Å². The molecule has 3 aromatic rings. The van der Waals surface area contributed by atoms with Gasteiger partial charge in [0.05, 0.1) is 29.3 Å². The third-order valence-electron chi connectivity index (χ3n) is 5.83. The number of sulfonamides is 1. The summed E-state index contributed by atoms with van der Waals surface area (Å²) < 4.78 is 63.3. The lowest BCUT2D eigenvalue weighted by molar-refractivity contribution is -0.108. The summed E-state index contributed by atoms with van der Waals surface area (Å²) in [6, 6.07) is 11.3. The van der Waals surface area contributed by atoms with E-state index in [4.69, 9.17) is 8.92 Å². The van der Waals surface area contributed by atoms with Gasteiger partial charge in [-0.3, -0.25) is 0 Å². The Labute approximate surface area is 205 Å². The fourth-order valence-corrected chi connectivity index (χ4v) is 6.35. The molecule has 0 saturated carbocycles. The molecule has 4 rings (SSSR count). The molecule has 1 atom stereocenters. The average molecular weight is 521 g/mol. The van der Waals surface area contributed by atoms with Crippen LogP contribution in [-0.4, -0.2) is 57.4 Å². The summed E-state index contributed by atoms with van der Waals surface area (Å²) >= 11 is 0. The summed E-state index contributed by atoms with van der Waals surface area (Å²) in [5.74, 6) is 0.683. The maximum Gasteiger partial charge on any atom is 0.306 e. The van der Waals surface area contributed by atoms with Gasteiger partial charge in [-0.05, 0) is 62.2 Å². The van der Waals surface area contributed by atoms with Crippen molar-refractivity contribution in [2.75, 3.05) is 19.3 Å². The monoisotopic (exact) mass is 520 g/mol. The van der Waals surface area contributed by atoms with Crippen molar-refractivity contribution in [3.8, 4) is 11.5 Å². The van der Waals surface area contributed by atoms with Crippen molar-refractivity contribution in [3.63, 3.8) is 0 Å². The first-order chi connectivity index (χ1) is 16.5. The molecule has 0 amide bonds. The number of benzene rings is 2. The zero-order chi connectivity index (χ0) is 25.4. The van der Waals surface area contributed by atoms with E-state index in [1.165, 1.54) is 4.31 Å². The number of aldehydes is 1. The number of hydrogen-bond acceptors (Lipinski definition) is 7. The molecule has 2 aromatic carbocycles. The lowest BCUT2D eigenvalue weighted by atomic mass is 9.98. The van der Waals surface area contributed by atoms with Gasteiger partial charge in [0.1, 0.15) is 17.8 Å². The molecule has 1 fully saturated rings. The zero-order valence-corrected chi connectivity index (χ0v) is 21.4. The SMILES string of the molecule is CC(C)Oc1ccc(S(=O)(=O)N2CCC(c3cn(CC=O)c4cc(OS(C)(=O)=O)ccc34)C2)cc1. The molecule has 0 spiro atoms.